The lowest BCUT2D eigenvalue weighted by Gasteiger charge is -2.20. The standard InChI is InChI=1S/C23H23N3O4/c27-22(26-30)10-6-14-5-8-18-15(11-14)7-9-20(18)25-21(23(28)29)12-16-13-24-19-4-2-1-3-17(16)19/h1-6,8,10-11,13,20-21,24-25,30H,7,9,12H2,(H,26,27)(H,28,29)/b10-6+. The van der Waals surface area contributed by atoms with Crippen LogP contribution in [0.25, 0.3) is 17.0 Å². The molecule has 7 nitrogen and oxygen atoms in total. The molecule has 0 radical (unpaired) electrons. The topological polar surface area (TPSA) is 114 Å². The maximum atomic E-state index is 12.0. The SMILES string of the molecule is O=C(/C=C/c1ccc2c(c1)CCC2NC(Cc1c[nH]c2ccccc12)C(=O)O)NO. The van der Waals surface area contributed by atoms with E-state index in [9.17, 15) is 14.7 Å². The Balaban J connectivity index is 1.50. The van der Waals surface area contributed by atoms with Gasteiger partial charge in [0.05, 0.1) is 0 Å². The normalized spacial score (nSPS) is 16.6. The van der Waals surface area contributed by atoms with Crippen molar-refractivity contribution in [3.63, 3.8) is 0 Å². The number of aliphatic carboxylic acids is 1. The molecule has 3 aromatic rings. The third kappa shape index (κ3) is 4.12. The summed E-state index contributed by atoms with van der Waals surface area (Å²) in [5.41, 5.74) is 6.61. The van der Waals surface area contributed by atoms with Crippen LogP contribution in [0, 0.1) is 0 Å². The third-order valence-electron chi connectivity index (χ3n) is 5.58. The van der Waals surface area contributed by atoms with Gasteiger partial charge in [-0.1, -0.05) is 36.4 Å². The molecular formula is C23H23N3O4. The van der Waals surface area contributed by atoms with E-state index >= 15 is 0 Å². The second-order valence-corrected chi connectivity index (χ2v) is 7.48. The Morgan fingerprint density at radius 3 is 2.87 bits per heavy atom. The van der Waals surface area contributed by atoms with E-state index in [1.165, 1.54) is 6.08 Å². The maximum Gasteiger partial charge on any atom is 0.321 e. The number of rotatable bonds is 7. The second-order valence-electron chi connectivity index (χ2n) is 7.48. The summed E-state index contributed by atoms with van der Waals surface area (Å²) >= 11 is 0. The molecule has 7 heteroatoms. The van der Waals surface area contributed by atoms with Crippen LogP contribution in [0.15, 0.2) is 54.7 Å². The highest BCUT2D eigenvalue weighted by molar-refractivity contribution is 5.90. The van der Waals surface area contributed by atoms with Crippen LogP contribution in [0.2, 0.25) is 0 Å². The van der Waals surface area contributed by atoms with E-state index in [2.05, 4.69) is 10.3 Å². The van der Waals surface area contributed by atoms with Crippen LogP contribution in [0.4, 0.5) is 0 Å². The molecule has 1 aromatic heterocycles. The van der Waals surface area contributed by atoms with E-state index in [0.29, 0.717) is 6.42 Å². The van der Waals surface area contributed by atoms with Crippen molar-refractivity contribution in [2.75, 3.05) is 0 Å². The minimum absolute atomic E-state index is 0.0370. The van der Waals surface area contributed by atoms with Crippen LogP contribution in [-0.4, -0.2) is 33.2 Å². The number of hydrogen-bond acceptors (Lipinski definition) is 4. The van der Waals surface area contributed by atoms with Gasteiger partial charge in [-0.2, -0.15) is 0 Å². The van der Waals surface area contributed by atoms with Gasteiger partial charge in [-0.25, -0.2) is 5.48 Å². The fraction of sp³-hybridized carbons (Fsp3) is 0.217. The number of nitrogens with one attached hydrogen (secondary N) is 3. The molecule has 1 aliphatic carbocycles. The number of amides is 1. The lowest BCUT2D eigenvalue weighted by molar-refractivity contribution is -0.139. The van der Waals surface area contributed by atoms with Crippen LogP contribution >= 0.6 is 0 Å². The predicted octanol–water partition coefficient (Wildman–Crippen LogP) is 2.96. The van der Waals surface area contributed by atoms with Gasteiger partial charge in [0.2, 0.25) is 0 Å². The Bertz CT molecular complexity index is 1120. The summed E-state index contributed by atoms with van der Waals surface area (Å²) < 4.78 is 0. The molecule has 0 fully saturated rings. The molecule has 2 aromatic carbocycles. The molecule has 154 valence electrons. The Labute approximate surface area is 173 Å². The number of hydrogen-bond donors (Lipinski definition) is 5. The van der Waals surface area contributed by atoms with Gasteiger partial charge in [0, 0.05) is 35.6 Å². The number of para-hydroxylation sites is 1. The molecule has 5 N–H and O–H groups in total. The van der Waals surface area contributed by atoms with Crippen LogP contribution in [0.3, 0.4) is 0 Å². The van der Waals surface area contributed by atoms with Crippen molar-refractivity contribution >= 4 is 28.9 Å². The van der Waals surface area contributed by atoms with Crippen molar-refractivity contribution in [1.82, 2.24) is 15.8 Å². The lowest BCUT2D eigenvalue weighted by Crippen LogP contribution is -2.40. The van der Waals surface area contributed by atoms with Crippen molar-refractivity contribution in [2.45, 2.75) is 31.3 Å². The van der Waals surface area contributed by atoms with Crippen LogP contribution < -0.4 is 10.8 Å². The van der Waals surface area contributed by atoms with Gasteiger partial charge >= 0.3 is 5.97 Å². The summed E-state index contributed by atoms with van der Waals surface area (Å²) in [7, 11) is 0. The van der Waals surface area contributed by atoms with Gasteiger partial charge in [-0.3, -0.25) is 20.1 Å². The van der Waals surface area contributed by atoms with Crippen molar-refractivity contribution in [1.29, 1.82) is 0 Å². The molecule has 2 atom stereocenters. The number of aromatic nitrogens is 1. The molecule has 0 aliphatic heterocycles. The number of aromatic amines is 1. The number of carbonyl (C=O) groups excluding carboxylic acids is 1. The van der Waals surface area contributed by atoms with E-state index in [-0.39, 0.29) is 6.04 Å². The van der Waals surface area contributed by atoms with Gasteiger partial charge in [-0.15, -0.1) is 0 Å². The van der Waals surface area contributed by atoms with Gasteiger partial charge in [-0.05, 0) is 47.2 Å². The smallest absolute Gasteiger partial charge is 0.321 e. The highest BCUT2D eigenvalue weighted by atomic mass is 16.5. The molecule has 1 heterocycles. The van der Waals surface area contributed by atoms with Gasteiger partial charge in [0.1, 0.15) is 6.04 Å². The molecule has 30 heavy (non-hydrogen) atoms. The molecule has 0 saturated carbocycles. The predicted molar refractivity (Wildman–Crippen MR) is 113 cm³/mol. The molecular weight excluding hydrogens is 382 g/mol. The Kier molecular flexibility index (Phi) is 5.65. The zero-order valence-electron chi connectivity index (χ0n) is 16.3. The number of carbonyl (C=O) groups is 2. The monoisotopic (exact) mass is 405 g/mol. The third-order valence-corrected chi connectivity index (χ3v) is 5.58. The number of benzene rings is 2. The minimum atomic E-state index is -0.872. The highest BCUT2D eigenvalue weighted by Crippen LogP contribution is 2.33. The zero-order chi connectivity index (χ0) is 21.1. The summed E-state index contributed by atoms with van der Waals surface area (Å²) in [5, 5.41) is 22.7. The first-order valence-corrected chi connectivity index (χ1v) is 9.84. The lowest BCUT2D eigenvalue weighted by atomic mass is 10.0. The number of carboxylic acid groups (broad SMARTS) is 1. The first kappa shape index (κ1) is 19.9. The van der Waals surface area contributed by atoms with Crippen molar-refractivity contribution < 1.29 is 19.9 Å². The number of hydroxylamine groups is 1. The molecule has 4 rings (SSSR count). The van der Waals surface area contributed by atoms with Gasteiger partial charge in [0.15, 0.2) is 0 Å². The summed E-state index contributed by atoms with van der Waals surface area (Å²) in [6, 6.07) is 13.0. The largest absolute Gasteiger partial charge is 0.480 e. The maximum absolute atomic E-state index is 12.0. The van der Waals surface area contributed by atoms with E-state index in [0.717, 1.165) is 46.0 Å². The first-order valence-electron chi connectivity index (χ1n) is 9.84. The van der Waals surface area contributed by atoms with Crippen molar-refractivity contribution in [3.05, 3.63) is 77.0 Å². The fourth-order valence-corrected chi connectivity index (χ4v) is 4.10. The minimum Gasteiger partial charge on any atom is -0.480 e. The highest BCUT2D eigenvalue weighted by Gasteiger charge is 2.28. The Morgan fingerprint density at radius 1 is 1.23 bits per heavy atom. The van der Waals surface area contributed by atoms with E-state index in [4.69, 9.17) is 5.21 Å². The van der Waals surface area contributed by atoms with Crippen molar-refractivity contribution in [3.8, 4) is 0 Å². The molecule has 1 amide bonds. The van der Waals surface area contributed by atoms with E-state index in [1.807, 2.05) is 48.7 Å². The van der Waals surface area contributed by atoms with Crippen LogP contribution in [0.5, 0.6) is 0 Å². The zero-order valence-corrected chi connectivity index (χ0v) is 16.3. The summed E-state index contributed by atoms with van der Waals surface area (Å²) in [5.74, 6) is -1.46. The first-order chi connectivity index (χ1) is 14.5. The quantitative estimate of drug-likeness (QED) is 0.236. The second kappa shape index (κ2) is 8.52. The van der Waals surface area contributed by atoms with Crippen molar-refractivity contribution in [2.24, 2.45) is 0 Å². The average Bonchev–Trinajstić information content (AvgIpc) is 3.35. The molecule has 1 aliphatic rings. The average molecular weight is 405 g/mol. The van der Waals surface area contributed by atoms with Crippen LogP contribution in [0.1, 0.15) is 34.7 Å². The molecule has 2 unspecified atom stereocenters. The molecule has 0 spiro atoms. The number of H-pyrrole nitrogens is 1. The Hall–Kier alpha value is -3.42. The number of fused-ring (bicyclic) bond motifs is 2. The van der Waals surface area contributed by atoms with Gasteiger partial charge in [0.25, 0.3) is 5.91 Å². The Morgan fingerprint density at radius 2 is 2.07 bits per heavy atom. The summed E-state index contributed by atoms with van der Waals surface area (Å²) in [6.45, 7) is 0. The van der Waals surface area contributed by atoms with Gasteiger partial charge < -0.3 is 10.1 Å². The summed E-state index contributed by atoms with van der Waals surface area (Å²) in [6.07, 6.45) is 6.81. The fourth-order valence-electron chi connectivity index (χ4n) is 4.10. The van der Waals surface area contributed by atoms with E-state index < -0.39 is 17.9 Å². The summed E-state index contributed by atoms with van der Waals surface area (Å²) in [4.78, 5) is 26.3. The van der Waals surface area contributed by atoms with E-state index in [1.54, 1.807) is 11.6 Å². The van der Waals surface area contributed by atoms with Crippen LogP contribution in [-0.2, 0) is 22.4 Å². The molecule has 0 saturated heterocycles. The molecule has 0 bridgehead atoms. The number of aryl methyl sites for hydroxylation is 1. The number of carboxylic acids is 1.